The van der Waals surface area contributed by atoms with E-state index in [1.165, 1.54) is 0 Å². The summed E-state index contributed by atoms with van der Waals surface area (Å²) in [6.45, 7) is 8.72. The van der Waals surface area contributed by atoms with Gasteiger partial charge in [0.25, 0.3) is 0 Å². The minimum absolute atomic E-state index is 0.0871. The first-order valence-electron chi connectivity index (χ1n) is 6.78. The van der Waals surface area contributed by atoms with Crippen molar-refractivity contribution < 1.29 is 14.6 Å². The lowest BCUT2D eigenvalue weighted by atomic mass is 9.98. The highest BCUT2D eigenvalue weighted by Crippen LogP contribution is 2.72. The van der Waals surface area contributed by atoms with Crippen molar-refractivity contribution in [2.75, 3.05) is 14.2 Å². The van der Waals surface area contributed by atoms with Gasteiger partial charge in [-0.05, 0) is 23.0 Å². The molecule has 1 aromatic carbocycles. The molecule has 0 spiro atoms. The lowest BCUT2D eigenvalue weighted by molar-refractivity contribution is 0.127. The molecule has 4 heteroatoms. The van der Waals surface area contributed by atoms with Crippen LogP contribution < -0.4 is 9.47 Å². The molecule has 2 rings (SSSR count). The van der Waals surface area contributed by atoms with Crippen LogP contribution in [-0.4, -0.2) is 19.3 Å². The zero-order chi connectivity index (χ0) is 15.3. The van der Waals surface area contributed by atoms with Gasteiger partial charge >= 0.3 is 0 Å². The van der Waals surface area contributed by atoms with Crippen LogP contribution in [0.1, 0.15) is 39.4 Å². The summed E-state index contributed by atoms with van der Waals surface area (Å²) >= 11 is 6.26. The molecule has 1 fully saturated rings. The monoisotopic (exact) mass is 298 g/mol. The van der Waals surface area contributed by atoms with Gasteiger partial charge in [0.2, 0.25) is 0 Å². The van der Waals surface area contributed by atoms with Crippen LogP contribution in [0.2, 0.25) is 5.02 Å². The van der Waals surface area contributed by atoms with Crippen molar-refractivity contribution in [2.24, 2.45) is 16.7 Å². The van der Waals surface area contributed by atoms with Crippen LogP contribution in [0.5, 0.6) is 11.5 Å². The summed E-state index contributed by atoms with van der Waals surface area (Å²) in [5, 5.41) is 11.2. The molecule has 1 saturated carbocycles. The summed E-state index contributed by atoms with van der Waals surface area (Å²) in [5.74, 6) is 1.22. The molecule has 0 heterocycles. The first-order chi connectivity index (χ1) is 9.20. The zero-order valence-electron chi connectivity index (χ0n) is 13.0. The van der Waals surface area contributed by atoms with E-state index in [9.17, 15) is 5.11 Å². The van der Waals surface area contributed by atoms with E-state index in [1.807, 2.05) is 6.07 Å². The minimum atomic E-state index is -0.599. The van der Waals surface area contributed by atoms with Crippen molar-refractivity contribution >= 4 is 11.6 Å². The van der Waals surface area contributed by atoms with Crippen molar-refractivity contribution in [3.8, 4) is 11.5 Å². The summed E-state index contributed by atoms with van der Waals surface area (Å²) < 4.78 is 10.6. The molecule has 112 valence electrons. The molecule has 1 atom stereocenters. The summed E-state index contributed by atoms with van der Waals surface area (Å²) in [5.41, 5.74) is 0.898. The van der Waals surface area contributed by atoms with E-state index in [0.29, 0.717) is 16.5 Å². The van der Waals surface area contributed by atoms with Crippen molar-refractivity contribution in [3.05, 3.63) is 22.7 Å². The molecule has 1 aliphatic rings. The van der Waals surface area contributed by atoms with Gasteiger partial charge in [-0.2, -0.15) is 0 Å². The van der Waals surface area contributed by atoms with Crippen LogP contribution in [0.4, 0.5) is 0 Å². The number of aliphatic hydroxyl groups excluding tert-OH is 1. The number of hydrogen-bond acceptors (Lipinski definition) is 3. The number of benzene rings is 1. The van der Waals surface area contributed by atoms with Gasteiger partial charge in [-0.15, -0.1) is 0 Å². The van der Waals surface area contributed by atoms with Gasteiger partial charge < -0.3 is 14.6 Å². The molecule has 3 nitrogen and oxygen atoms in total. The first-order valence-corrected chi connectivity index (χ1v) is 7.16. The Morgan fingerprint density at radius 3 is 2.05 bits per heavy atom. The SMILES string of the molecule is COc1ccc(C(O)C2C(C)(C)C2(C)C)c(OC)c1Cl. The highest BCUT2D eigenvalue weighted by molar-refractivity contribution is 6.33. The Hall–Kier alpha value is -0.930. The standard InChI is InChI=1S/C16H23ClO3/c1-15(2)14(16(15,3)4)12(18)9-7-8-10(19-5)11(17)13(9)20-6/h7-8,12,14,18H,1-6H3. The second-order valence-electron chi connectivity index (χ2n) is 6.57. The fourth-order valence-electron chi connectivity index (χ4n) is 3.37. The van der Waals surface area contributed by atoms with Crippen LogP contribution >= 0.6 is 11.6 Å². The Bertz CT molecular complexity index is 509. The van der Waals surface area contributed by atoms with E-state index in [1.54, 1.807) is 20.3 Å². The van der Waals surface area contributed by atoms with Crippen LogP contribution in [0.3, 0.4) is 0 Å². The average Bonchev–Trinajstić information content (AvgIpc) is 2.78. The van der Waals surface area contributed by atoms with Crippen LogP contribution in [0.25, 0.3) is 0 Å². The van der Waals surface area contributed by atoms with E-state index in [0.717, 1.165) is 5.56 Å². The van der Waals surface area contributed by atoms with Crippen molar-refractivity contribution in [3.63, 3.8) is 0 Å². The van der Waals surface area contributed by atoms with Gasteiger partial charge in [0.05, 0.1) is 20.3 Å². The highest BCUT2D eigenvalue weighted by Gasteiger charge is 2.67. The molecule has 0 amide bonds. The number of halogens is 1. The molecule has 0 saturated heterocycles. The van der Waals surface area contributed by atoms with Crippen LogP contribution in [0, 0.1) is 16.7 Å². The third kappa shape index (κ3) is 1.99. The Balaban J connectivity index is 2.42. The second kappa shape index (κ2) is 4.81. The van der Waals surface area contributed by atoms with E-state index in [2.05, 4.69) is 27.7 Å². The fraction of sp³-hybridized carbons (Fsp3) is 0.625. The maximum atomic E-state index is 10.8. The van der Waals surface area contributed by atoms with E-state index >= 15 is 0 Å². The molecule has 1 N–H and O–H groups in total. The van der Waals surface area contributed by atoms with Gasteiger partial charge in [0.15, 0.2) is 0 Å². The van der Waals surface area contributed by atoms with E-state index < -0.39 is 6.10 Å². The van der Waals surface area contributed by atoms with Crippen molar-refractivity contribution in [2.45, 2.75) is 33.8 Å². The van der Waals surface area contributed by atoms with Gasteiger partial charge in [-0.3, -0.25) is 0 Å². The average molecular weight is 299 g/mol. The predicted octanol–water partition coefficient (Wildman–Crippen LogP) is 4.07. The third-order valence-electron chi connectivity index (χ3n) is 5.28. The molecule has 0 aliphatic heterocycles. The quantitative estimate of drug-likeness (QED) is 0.910. The zero-order valence-corrected chi connectivity index (χ0v) is 13.7. The topological polar surface area (TPSA) is 38.7 Å². The molecule has 1 aromatic rings. The molecule has 0 radical (unpaired) electrons. The Morgan fingerprint density at radius 2 is 1.65 bits per heavy atom. The normalized spacial score (nSPS) is 21.4. The Labute approximate surface area is 125 Å². The highest BCUT2D eigenvalue weighted by atomic mass is 35.5. The van der Waals surface area contributed by atoms with Gasteiger partial charge in [-0.1, -0.05) is 39.3 Å². The molecular weight excluding hydrogens is 276 g/mol. The number of ether oxygens (including phenoxy) is 2. The second-order valence-corrected chi connectivity index (χ2v) is 6.95. The largest absolute Gasteiger partial charge is 0.495 e. The third-order valence-corrected chi connectivity index (χ3v) is 5.64. The number of rotatable bonds is 4. The summed E-state index contributed by atoms with van der Waals surface area (Å²) in [7, 11) is 3.12. The predicted molar refractivity (Wildman–Crippen MR) is 80.6 cm³/mol. The van der Waals surface area contributed by atoms with Crippen molar-refractivity contribution in [1.29, 1.82) is 0 Å². The van der Waals surface area contributed by atoms with Gasteiger partial charge in [-0.25, -0.2) is 0 Å². The molecule has 20 heavy (non-hydrogen) atoms. The number of aliphatic hydroxyl groups is 1. The fourth-order valence-corrected chi connectivity index (χ4v) is 3.69. The molecule has 0 bridgehead atoms. The van der Waals surface area contributed by atoms with Crippen LogP contribution in [-0.2, 0) is 0 Å². The van der Waals surface area contributed by atoms with E-state index in [4.69, 9.17) is 21.1 Å². The molecule has 1 unspecified atom stereocenters. The van der Waals surface area contributed by atoms with Gasteiger partial charge in [0.1, 0.15) is 16.5 Å². The molecular formula is C16H23ClO3. The maximum Gasteiger partial charge on any atom is 0.147 e. The Morgan fingerprint density at radius 1 is 1.10 bits per heavy atom. The number of hydrogen-bond donors (Lipinski definition) is 1. The van der Waals surface area contributed by atoms with Crippen LogP contribution in [0.15, 0.2) is 12.1 Å². The Kier molecular flexibility index (Phi) is 3.72. The minimum Gasteiger partial charge on any atom is -0.495 e. The first kappa shape index (κ1) is 15.5. The lowest BCUT2D eigenvalue weighted by Crippen LogP contribution is -2.08. The van der Waals surface area contributed by atoms with Gasteiger partial charge in [0, 0.05) is 11.5 Å². The number of methoxy groups -OCH3 is 2. The van der Waals surface area contributed by atoms with E-state index in [-0.39, 0.29) is 16.7 Å². The lowest BCUT2D eigenvalue weighted by Gasteiger charge is -2.19. The smallest absolute Gasteiger partial charge is 0.147 e. The summed E-state index contributed by atoms with van der Waals surface area (Å²) in [6.07, 6.45) is -0.599. The molecule has 0 aromatic heterocycles. The summed E-state index contributed by atoms with van der Waals surface area (Å²) in [4.78, 5) is 0. The summed E-state index contributed by atoms with van der Waals surface area (Å²) in [6, 6.07) is 3.60. The van der Waals surface area contributed by atoms with Crippen molar-refractivity contribution in [1.82, 2.24) is 0 Å². The molecule has 1 aliphatic carbocycles. The maximum absolute atomic E-state index is 10.8.